The van der Waals surface area contributed by atoms with E-state index in [4.69, 9.17) is 4.74 Å². The van der Waals surface area contributed by atoms with Gasteiger partial charge >= 0.3 is 11.6 Å². The lowest BCUT2D eigenvalue weighted by molar-refractivity contribution is -0.413. The number of nitrogens with one attached hydrogen (secondary N) is 1. The summed E-state index contributed by atoms with van der Waals surface area (Å²) in [5.41, 5.74) is -4.87. The first-order chi connectivity index (χ1) is 16.5. The summed E-state index contributed by atoms with van der Waals surface area (Å²) in [5.74, 6) is -4.05. The first-order valence-electron chi connectivity index (χ1n) is 10.6. The first kappa shape index (κ1) is 24.9. The highest BCUT2D eigenvalue weighted by Gasteiger charge is 2.70. The number of H-pyrrole nitrogens is 1. The fourth-order valence-corrected chi connectivity index (χ4v) is 4.14. The number of aryl methyl sites for hydroxylation is 1. The van der Waals surface area contributed by atoms with Crippen LogP contribution in [0.3, 0.4) is 0 Å². The van der Waals surface area contributed by atoms with Crippen LogP contribution in [0.5, 0.6) is 0 Å². The third-order valence-electron chi connectivity index (χ3n) is 6.15. The van der Waals surface area contributed by atoms with Crippen molar-refractivity contribution in [3.8, 4) is 11.1 Å². The van der Waals surface area contributed by atoms with E-state index in [9.17, 15) is 39.6 Å². The largest absolute Gasteiger partial charge is 0.394 e. The Labute approximate surface area is 197 Å². The van der Waals surface area contributed by atoms with Crippen molar-refractivity contribution in [1.29, 1.82) is 0 Å². The number of aliphatic hydroxyl groups is 4. The fourth-order valence-electron chi connectivity index (χ4n) is 4.14. The van der Waals surface area contributed by atoms with Crippen molar-refractivity contribution < 1.29 is 34.8 Å². The van der Waals surface area contributed by atoms with Crippen molar-refractivity contribution >= 4 is 0 Å². The molecular formula is C23H24FN3O8. The zero-order valence-corrected chi connectivity index (χ0v) is 18.5. The molecule has 0 amide bonds. The van der Waals surface area contributed by atoms with Gasteiger partial charge in [-0.1, -0.05) is 42.5 Å². The number of ether oxygens (including phenoxy) is 1. The van der Waals surface area contributed by atoms with Crippen molar-refractivity contribution in [2.75, 3.05) is 6.61 Å². The molecule has 0 unspecified atom stereocenters. The number of aromatic amines is 1. The van der Waals surface area contributed by atoms with Gasteiger partial charge in [-0.15, -0.1) is 5.06 Å². The van der Waals surface area contributed by atoms with Crippen molar-refractivity contribution in [2.45, 2.75) is 37.3 Å². The van der Waals surface area contributed by atoms with Crippen molar-refractivity contribution in [1.82, 2.24) is 14.6 Å². The second-order valence-electron chi connectivity index (χ2n) is 8.25. The molecule has 186 valence electrons. The molecule has 3 aromatic rings. The van der Waals surface area contributed by atoms with E-state index in [0.717, 1.165) is 12.3 Å². The summed E-state index contributed by atoms with van der Waals surface area (Å²) < 4.78 is 20.0. The monoisotopic (exact) mass is 489 g/mol. The second kappa shape index (κ2) is 9.09. The molecule has 4 rings (SSSR count). The van der Waals surface area contributed by atoms with Gasteiger partial charge in [0.2, 0.25) is 5.72 Å². The van der Waals surface area contributed by atoms with Crippen LogP contribution in [0.4, 0.5) is 4.39 Å². The summed E-state index contributed by atoms with van der Waals surface area (Å²) in [6.45, 7) is 0.370. The predicted molar refractivity (Wildman–Crippen MR) is 118 cm³/mol. The zero-order chi connectivity index (χ0) is 25.5. The minimum Gasteiger partial charge on any atom is -0.394 e. The van der Waals surface area contributed by atoms with Crippen LogP contribution in [0.2, 0.25) is 0 Å². The van der Waals surface area contributed by atoms with Crippen molar-refractivity contribution in [3.63, 3.8) is 0 Å². The van der Waals surface area contributed by atoms with E-state index in [1.165, 1.54) is 18.2 Å². The summed E-state index contributed by atoms with van der Waals surface area (Å²) in [7, 11) is 0. The minimum atomic E-state index is -3.24. The molecule has 12 heteroatoms. The Bertz CT molecular complexity index is 1360. The molecule has 4 atom stereocenters. The fraction of sp³-hybridized carbons (Fsp3) is 0.304. The Morgan fingerprint density at radius 3 is 2.43 bits per heavy atom. The maximum absolute atomic E-state index is 14.4. The van der Waals surface area contributed by atoms with Crippen LogP contribution in [0.25, 0.3) is 11.1 Å². The molecule has 35 heavy (non-hydrogen) atoms. The van der Waals surface area contributed by atoms with E-state index in [0.29, 0.717) is 15.7 Å². The summed E-state index contributed by atoms with van der Waals surface area (Å²) in [6.07, 6.45) is -3.06. The molecule has 11 nitrogen and oxygen atoms in total. The Hall–Kier alpha value is -3.23. The number of aromatic nitrogens is 2. The van der Waals surface area contributed by atoms with Gasteiger partial charge in [0.1, 0.15) is 18.0 Å². The van der Waals surface area contributed by atoms with Gasteiger partial charge in [0.15, 0.2) is 0 Å². The smallest absolute Gasteiger partial charge is 0.332 e. The molecule has 2 aromatic carbocycles. The highest BCUT2D eigenvalue weighted by Crippen LogP contribution is 2.43. The molecule has 1 aliphatic rings. The molecule has 2 heterocycles. The van der Waals surface area contributed by atoms with E-state index in [-0.39, 0.29) is 10.6 Å². The van der Waals surface area contributed by atoms with E-state index in [1.54, 1.807) is 31.2 Å². The molecule has 1 aromatic heterocycles. The van der Waals surface area contributed by atoms with Crippen LogP contribution in [0.15, 0.2) is 64.3 Å². The van der Waals surface area contributed by atoms with Gasteiger partial charge in [0, 0.05) is 11.8 Å². The molecule has 1 saturated heterocycles. The van der Waals surface area contributed by atoms with Crippen LogP contribution in [0, 0.1) is 12.7 Å². The molecule has 1 fully saturated rings. The molecule has 0 spiro atoms. The standard InChI is InChI=1S/C23H24FN3O8/c1-13-6-2-3-7-14(13)10-27(34)22(32)19(29)18(12-28)35-23(22,33)26-11-16(20(30)25-21(26)31)15-8-4-5-9-17(15)24/h2-9,11,18-19,28-29,32-34H,10,12H2,1H3,(H,25,30,31)/t18-,19-,22-,23+/m1/s1. The van der Waals surface area contributed by atoms with Gasteiger partial charge in [0.05, 0.1) is 18.7 Å². The van der Waals surface area contributed by atoms with Crippen LogP contribution in [-0.4, -0.2) is 64.8 Å². The zero-order valence-electron chi connectivity index (χ0n) is 18.5. The Kier molecular flexibility index (Phi) is 6.46. The first-order valence-corrected chi connectivity index (χ1v) is 10.6. The van der Waals surface area contributed by atoms with Crippen LogP contribution < -0.4 is 11.2 Å². The summed E-state index contributed by atoms with van der Waals surface area (Å²) in [5, 5.41) is 54.4. The quantitative estimate of drug-likeness (QED) is 0.199. The minimum absolute atomic E-state index is 0.177. The van der Waals surface area contributed by atoms with Crippen LogP contribution >= 0.6 is 0 Å². The summed E-state index contributed by atoms with van der Waals surface area (Å²) in [6, 6.07) is 11.9. The molecule has 0 aliphatic carbocycles. The average molecular weight is 489 g/mol. The second-order valence-corrected chi connectivity index (χ2v) is 8.25. The van der Waals surface area contributed by atoms with Gasteiger partial charge in [-0.25, -0.2) is 13.8 Å². The number of aliphatic hydroxyl groups excluding tert-OH is 2. The molecule has 0 saturated carbocycles. The Balaban J connectivity index is 1.89. The number of benzene rings is 2. The van der Waals surface area contributed by atoms with Gasteiger partial charge in [-0.2, -0.15) is 0 Å². The number of halogens is 1. The van der Waals surface area contributed by atoms with Gasteiger partial charge in [-0.05, 0) is 24.1 Å². The van der Waals surface area contributed by atoms with E-state index in [1.807, 2.05) is 4.98 Å². The Morgan fingerprint density at radius 1 is 1.11 bits per heavy atom. The molecule has 1 aliphatic heterocycles. The maximum atomic E-state index is 14.4. The van der Waals surface area contributed by atoms with Gasteiger partial charge in [0.25, 0.3) is 5.56 Å². The molecule has 0 radical (unpaired) electrons. The van der Waals surface area contributed by atoms with Gasteiger partial charge in [-0.3, -0.25) is 9.78 Å². The van der Waals surface area contributed by atoms with E-state index >= 15 is 0 Å². The number of rotatable bonds is 6. The van der Waals surface area contributed by atoms with E-state index < -0.39 is 59.6 Å². The van der Waals surface area contributed by atoms with Crippen molar-refractivity contribution in [3.05, 3.63) is 92.5 Å². The number of hydroxylamine groups is 2. The normalized spacial score (nSPS) is 26.4. The van der Waals surface area contributed by atoms with E-state index in [2.05, 4.69) is 0 Å². The predicted octanol–water partition coefficient (Wildman–Crippen LogP) is -0.414. The topological polar surface area (TPSA) is 168 Å². The van der Waals surface area contributed by atoms with Crippen molar-refractivity contribution in [2.24, 2.45) is 0 Å². The van der Waals surface area contributed by atoms with Crippen LogP contribution in [0.1, 0.15) is 11.1 Å². The highest BCUT2D eigenvalue weighted by atomic mass is 19.1. The van der Waals surface area contributed by atoms with Gasteiger partial charge < -0.3 is 30.4 Å². The molecule has 6 N–H and O–H groups in total. The lowest BCUT2D eigenvalue weighted by Crippen LogP contribution is -2.68. The third kappa shape index (κ3) is 3.90. The molecular weight excluding hydrogens is 465 g/mol. The SMILES string of the molecule is Cc1ccccc1CN(O)[C@@]1(O)[C@H](O)[C@@H](CO)O[C@]1(O)n1cc(-c2ccccc2F)c(=O)[nH]c1=O. The lowest BCUT2D eigenvalue weighted by Gasteiger charge is -2.42. The lowest BCUT2D eigenvalue weighted by atomic mass is 9.99. The van der Waals surface area contributed by atoms with Crippen LogP contribution in [-0.2, 0) is 17.2 Å². The number of hydrogen-bond acceptors (Lipinski definition) is 9. The third-order valence-corrected chi connectivity index (χ3v) is 6.15. The molecule has 0 bridgehead atoms. The Morgan fingerprint density at radius 2 is 1.77 bits per heavy atom. The average Bonchev–Trinajstić information content (AvgIpc) is 3.03. The summed E-state index contributed by atoms with van der Waals surface area (Å²) in [4.78, 5) is 27.1. The number of nitrogens with zero attached hydrogens (tertiary/aromatic N) is 2. The maximum Gasteiger partial charge on any atom is 0.332 e. The number of hydrogen-bond donors (Lipinski definition) is 6. The highest BCUT2D eigenvalue weighted by molar-refractivity contribution is 5.62. The summed E-state index contributed by atoms with van der Waals surface area (Å²) >= 11 is 0.